The lowest BCUT2D eigenvalue weighted by Gasteiger charge is -2.62. The van der Waals surface area contributed by atoms with Crippen molar-refractivity contribution in [1.82, 2.24) is 9.88 Å². The molecule has 47 heavy (non-hydrogen) atoms. The number of aliphatic hydroxyl groups is 3. The van der Waals surface area contributed by atoms with Crippen LogP contribution >= 0.6 is 0 Å². The summed E-state index contributed by atoms with van der Waals surface area (Å²) in [4.78, 5) is 7.68. The van der Waals surface area contributed by atoms with E-state index in [2.05, 4.69) is 68.7 Å². The fourth-order valence-electron chi connectivity index (χ4n) is 13.3. The molecular weight excluding hydrogens is 580 g/mol. The summed E-state index contributed by atoms with van der Waals surface area (Å²) in [6.07, 6.45) is 14.4. The molecule has 7 aliphatic rings. The Balaban J connectivity index is 0.987. The Hall–Kier alpha value is -1.79. The van der Waals surface area contributed by atoms with Gasteiger partial charge in [-0.1, -0.05) is 45.0 Å². The number of aryl methyl sites for hydroxylation is 1. The van der Waals surface area contributed by atoms with E-state index in [4.69, 9.17) is 4.98 Å². The first-order chi connectivity index (χ1) is 22.6. The van der Waals surface area contributed by atoms with E-state index in [0.717, 1.165) is 80.2 Å². The quantitative estimate of drug-likeness (QED) is 0.270. The van der Waals surface area contributed by atoms with Crippen LogP contribution in [0.25, 0.3) is 10.9 Å². The predicted molar refractivity (Wildman–Crippen MR) is 189 cm³/mol. The number of piperidine rings is 3. The number of fused-ring (bicyclic) bond motifs is 9. The maximum atomic E-state index is 12.0. The van der Waals surface area contributed by atoms with Crippen LogP contribution < -0.4 is 0 Å². The minimum Gasteiger partial charge on any atom is -0.393 e. The molecule has 4 aliphatic carbocycles. The van der Waals surface area contributed by atoms with E-state index in [1.165, 1.54) is 32.1 Å². The Bertz CT molecular complexity index is 1480. The lowest BCUT2D eigenvalue weighted by molar-refractivity contribution is -0.174. The van der Waals surface area contributed by atoms with Gasteiger partial charge in [0, 0.05) is 23.7 Å². The van der Waals surface area contributed by atoms with Gasteiger partial charge in [-0.05, 0) is 159 Å². The number of nitrogens with zero attached hydrogens (tertiary/aromatic N) is 2. The molecule has 0 spiro atoms. The van der Waals surface area contributed by atoms with Gasteiger partial charge < -0.3 is 15.3 Å². The van der Waals surface area contributed by atoms with Crippen LogP contribution in [0.2, 0.25) is 0 Å². The molecule has 2 bridgehead atoms. The molecule has 4 saturated carbocycles. The first kappa shape index (κ1) is 32.4. The molecule has 15 atom stereocenters. The van der Waals surface area contributed by atoms with Crippen molar-refractivity contribution in [3.63, 3.8) is 0 Å². The van der Waals surface area contributed by atoms with Crippen LogP contribution in [0.15, 0.2) is 43.0 Å². The Morgan fingerprint density at radius 3 is 2.57 bits per heavy atom. The van der Waals surface area contributed by atoms with Crippen molar-refractivity contribution < 1.29 is 15.3 Å². The van der Waals surface area contributed by atoms with Gasteiger partial charge in [-0.2, -0.15) is 0 Å². The van der Waals surface area contributed by atoms with Crippen LogP contribution in [0.1, 0.15) is 109 Å². The highest BCUT2D eigenvalue weighted by Gasteiger charge is 2.62. The molecule has 1 unspecified atom stereocenters. The number of aliphatic hydroxyl groups excluding tert-OH is 3. The van der Waals surface area contributed by atoms with E-state index in [1.807, 2.05) is 0 Å². The summed E-state index contributed by atoms with van der Waals surface area (Å²) in [5, 5.41) is 35.2. The monoisotopic (exact) mass is 640 g/mol. The average molecular weight is 641 g/mol. The topological polar surface area (TPSA) is 76.8 Å². The molecule has 3 saturated heterocycles. The second-order valence-electron chi connectivity index (χ2n) is 17.9. The van der Waals surface area contributed by atoms with Crippen molar-refractivity contribution in [2.24, 2.45) is 58.2 Å². The highest BCUT2D eigenvalue weighted by atomic mass is 16.3. The molecule has 4 heterocycles. The van der Waals surface area contributed by atoms with Gasteiger partial charge in [-0.15, -0.1) is 6.58 Å². The summed E-state index contributed by atoms with van der Waals surface area (Å²) in [6.45, 7) is 13.8. The van der Waals surface area contributed by atoms with Gasteiger partial charge >= 0.3 is 0 Å². The lowest BCUT2D eigenvalue weighted by Crippen LogP contribution is -2.58. The van der Waals surface area contributed by atoms with Gasteiger partial charge in [-0.3, -0.25) is 9.88 Å². The molecule has 1 aromatic heterocycles. The minimum atomic E-state index is -0.506. The van der Waals surface area contributed by atoms with Crippen molar-refractivity contribution in [2.75, 3.05) is 13.1 Å². The first-order valence-electron chi connectivity index (χ1n) is 19.4. The highest BCUT2D eigenvalue weighted by molar-refractivity contribution is 5.82. The highest BCUT2D eigenvalue weighted by Crippen LogP contribution is 2.68. The Labute approximate surface area is 283 Å². The Morgan fingerprint density at radius 1 is 1.00 bits per heavy atom. The lowest BCUT2D eigenvalue weighted by atomic mass is 9.43. The molecule has 256 valence electrons. The summed E-state index contributed by atoms with van der Waals surface area (Å²) in [5.41, 5.74) is 3.75. The molecule has 0 radical (unpaired) electrons. The van der Waals surface area contributed by atoms with E-state index < -0.39 is 6.10 Å². The largest absolute Gasteiger partial charge is 0.393 e. The zero-order chi connectivity index (χ0) is 32.7. The van der Waals surface area contributed by atoms with Gasteiger partial charge in [0.05, 0.1) is 23.8 Å². The fourth-order valence-corrected chi connectivity index (χ4v) is 13.3. The van der Waals surface area contributed by atoms with Crippen LogP contribution in [0.5, 0.6) is 0 Å². The molecule has 5 heteroatoms. The van der Waals surface area contributed by atoms with E-state index in [0.29, 0.717) is 47.3 Å². The van der Waals surface area contributed by atoms with Crippen molar-refractivity contribution in [3.05, 3.63) is 54.2 Å². The van der Waals surface area contributed by atoms with Crippen molar-refractivity contribution in [1.29, 1.82) is 0 Å². The summed E-state index contributed by atoms with van der Waals surface area (Å²) < 4.78 is 0. The molecule has 7 fully saturated rings. The number of hydrogen-bond acceptors (Lipinski definition) is 5. The molecule has 0 amide bonds. The maximum absolute atomic E-state index is 12.0. The third-order valence-corrected chi connectivity index (χ3v) is 15.9. The number of rotatable bonds is 7. The third-order valence-electron chi connectivity index (χ3n) is 15.9. The molecule has 9 rings (SSSR count). The zero-order valence-corrected chi connectivity index (χ0v) is 29.2. The number of aromatic nitrogens is 1. The van der Waals surface area contributed by atoms with Gasteiger partial charge in [0.2, 0.25) is 0 Å². The second kappa shape index (κ2) is 12.2. The predicted octanol–water partition coefficient (Wildman–Crippen LogP) is 7.72. The van der Waals surface area contributed by atoms with Crippen LogP contribution in [-0.4, -0.2) is 56.5 Å². The first-order valence-corrected chi connectivity index (χ1v) is 19.4. The molecule has 1 aromatic carbocycles. The molecular formula is C42H60N2O3. The third kappa shape index (κ3) is 5.27. The summed E-state index contributed by atoms with van der Waals surface area (Å²) in [7, 11) is 0. The van der Waals surface area contributed by atoms with Gasteiger partial charge in [0.15, 0.2) is 0 Å². The number of pyridine rings is 1. The van der Waals surface area contributed by atoms with Crippen molar-refractivity contribution in [2.45, 2.75) is 122 Å². The SMILES string of the molecule is C=C[C@H]1CN2CC[C@H]1C[C@H]2[C@H](O)c1cc(CC[C@@H](C)[C@H]2CC[C@H]3[C@@H]4[C@H](O)C[C@@H]5C[C@H](O)CC[C@]5(C)[C@H]4CC[C@]23C)nc2ccccc12. The van der Waals surface area contributed by atoms with E-state index in [9.17, 15) is 15.3 Å². The minimum absolute atomic E-state index is 0.166. The van der Waals surface area contributed by atoms with Gasteiger partial charge in [0.25, 0.3) is 0 Å². The van der Waals surface area contributed by atoms with Crippen molar-refractivity contribution in [3.8, 4) is 0 Å². The van der Waals surface area contributed by atoms with Crippen LogP contribution in [0, 0.1) is 58.2 Å². The normalized spacial score (nSPS) is 45.5. The van der Waals surface area contributed by atoms with E-state index in [1.54, 1.807) is 0 Å². The van der Waals surface area contributed by atoms with Crippen molar-refractivity contribution >= 4 is 10.9 Å². The summed E-state index contributed by atoms with van der Waals surface area (Å²) >= 11 is 0. The molecule has 3 N–H and O–H groups in total. The zero-order valence-electron chi connectivity index (χ0n) is 29.2. The van der Waals surface area contributed by atoms with Crippen LogP contribution in [-0.2, 0) is 6.42 Å². The Kier molecular flexibility index (Phi) is 8.42. The standard InChI is InChI=1S/C42H60N2O3/c1-5-26-24-44-19-16-27(26)20-37(44)40(47)32-23-29(43-36-9-7-6-8-31(32)36)11-10-25(2)33-12-13-34-39-35(15-18-42(33,34)4)41(3)17-14-30(45)21-28(41)22-38(39)46/h5-9,23,25-28,30,33-35,37-40,45-47H,1,10-22,24H2,2-4H3/t25-,26+,27+,28+,30-,33-,34+,35+,37+,38-,39+,40-,41+,42-/m1/s1. The smallest absolute Gasteiger partial charge is 0.0952 e. The molecule has 3 aliphatic heterocycles. The number of para-hydroxylation sites is 1. The van der Waals surface area contributed by atoms with Gasteiger partial charge in [0.1, 0.15) is 0 Å². The molecule has 2 aromatic rings. The fraction of sp³-hybridized carbons (Fsp3) is 0.738. The average Bonchev–Trinajstić information content (AvgIpc) is 3.44. The van der Waals surface area contributed by atoms with Crippen LogP contribution in [0.3, 0.4) is 0 Å². The summed E-state index contributed by atoms with van der Waals surface area (Å²) in [5.74, 6) is 4.54. The second-order valence-corrected chi connectivity index (χ2v) is 17.9. The van der Waals surface area contributed by atoms with E-state index in [-0.39, 0.29) is 29.1 Å². The Morgan fingerprint density at radius 2 is 1.79 bits per heavy atom. The maximum Gasteiger partial charge on any atom is 0.0952 e. The number of hydrogen-bond donors (Lipinski definition) is 3. The van der Waals surface area contributed by atoms with E-state index >= 15 is 0 Å². The van der Waals surface area contributed by atoms with Gasteiger partial charge in [-0.25, -0.2) is 0 Å². The van der Waals surface area contributed by atoms with Crippen LogP contribution in [0.4, 0.5) is 0 Å². The number of benzene rings is 1. The molecule has 5 nitrogen and oxygen atoms in total. The summed E-state index contributed by atoms with van der Waals surface area (Å²) in [6, 6.07) is 10.8.